The molecule has 0 atom stereocenters. The third kappa shape index (κ3) is 1.75. The second kappa shape index (κ2) is 4.02. The largest absolute Gasteiger partial charge is 0.312 e. The predicted octanol–water partition coefficient (Wildman–Crippen LogP) is 2.71. The van der Waals surface area contributed by atoms with E-state index >= 15 is 0 Å². The number of hydrogen-bond donors (Lipinski definition) is 0. The fraction of sp³-hybridized carbons (Fsp3) is 0.667. The topological polar surface area (TPSA) is 35.6 Å². The fourth-order valence-corrected chi connectivity index (χ4v) is 2.55. The van der Waals surface area contributed by atoms with Gasteiger partial charge in [0.25, 0.3) is 0 Å². The van der Waals surface area contributed by atoms with Gasteiger partial charge in [-0.2, -0.15) is 5.10 Å². The van der Waals surface area contributed by atoms with E-state index in [2.05, 4.69) is 21.6 Å². The van der Waals surface area contributed by atoms with Gasteiger partial charge in [0.05, 0.1) is 11.6 Å². The van der Waals surface area contributed by atoms with Gasteiger partial charge in [0.15, 0.2) is 5.65 Å². The van der Waals surface area contributed by atoms with Gasteiger partial charge in [0.1, 0.15) is 11.3 Å². The van der Waals surface area contributed by atoms with Crippen molar-refractivity contribution < 1.29 is 0 Å². The molecule has 2 heterocycles. The summed E-state index contributed by atoms with van der Waals surface area (Å²) in [5.41, 5.74) is 3.17. The van der Waals surface area contributed by atoms with Crippen LogP contribution in [0.4, 0.5) is 0 Å². The molecule has 3 rings (SSSR count). The number of imidazole rings is 1. The maximum atomic E-state index is 6.00. The Hall–Kier alpha value is -1.03. The zero-order valence-electron chi connectivity index (χ0n) is 10.3. The number of hydrogen-bond acceptors (Lipinski definition) is 2. The number of aryl methyl sites for hydroxylation is 2. The lowest BCUT2D eigenvalue weighted by atomic mass is 10.4. The number of halogens is 1. The van der Waals surface area contributed by atoms with E-state index in [-0.39, 0.29) is 0 Å². The van der Waals surface area contributed by atoms with Crippen molar-refractivity contribution in [2.75, 3.05) is 0 Å². The first kappa shape index (κ1) is 11.1. The predicted molar refractivity (Wildman–Crippen MR) is 68.2 cm³/mol. The summed E-state index contributed by atoms with van der Waals surface area (Å²) >= 11 is 6.00. The lowest BCUT2D eigenvalue weighted by molar-refractivity contribution is 0.584. The quantitative estimate of drug-likeness (QED) is 0.785. The SMILES string of the molecule is CCn1nc(C)c2nc(CCl)n(CC3CC3)c21. The number of nitrogens with zero attached hydrogens (tertiary/aromatic N) is 4. The molecule has 2 aromatic heterocycles. The molecule has 92 valence electrons. The van der Waals surface area contributed by atoms with Crippen LogP contribution in [-0.4, -0.2) is 19.3 Å². The van der Waals surface area contributed by atoms with Crippen LogP contribution in [0.1, 0.15) is 31.3 Å². The highest BCUT2D eigenvalue weighted by Gasteiger charge is 2.26. The van der Waals surface area contributed by atoms with Crippen molar-refractivity contribution in [3.05, 3.63) is 11.5 Å². The summed E-state index contributed by atoms with van der Waals surface area (Å²) in [7, 11) is 0. The highest BCUT2D eigenvalue weighted by molar-refractivity contribution is 6.16. The summed E-state index contributed by atoms with van der Waals surface area (Å²) in [6.45, 7) is 6.05. The van der Waals surface area contributed by atoms with Crippen LogP contribution in [0.25, 0.3) is 11.2 Å². The third-order valence-electron chi connectivity index (χ3n) is 3.43. The molecule has 0 unspecified atom stereocenters. The molecule has 1 aliphatic rings. The molecule has 0 N–H and O–H groups in total. The fourth-order valence-electron chi connectivity index (χ4n) is 2.34. The summed E-state index contributed by atoms with van der Waals surface area (Å²) < 4.78 is 4.31. The first-order chi connectivity index (χ1) is 8.24. The Bertz CT molecular complexity index is 550. The van der Waals surface area contributed by atoms with E-state index in [1.54, 1.807) is 0 Å². The molecule has 0 bridgehead atoms. The van der Waals surface area contributed by atoms with Crippen molar-refractivity contribution in [1.29, 1.82) is 0 Å². The van der Waals surface area contributed by atoms with Crippen molar-refractivity contribution in [3.8, 4) is 0 Å². The van der Waals surface area contributed by atoms with Gasteiger partial charge < -0.3 is 4.57 Å². The van der Waals surface area contributed by atoms with E-state index in [1.807, 2.05) is 11.6 Å². The minimum Gasteiger partial charge on any atom is -0.312 e. The molecule has 0 aliphatic heterocycles. The van der Waals surface area contributed by atoms with E-state index in [0.29, 0.717) is 5.88 Å². The summed E-state index contributed by atoms with van der Waals surface area (Å²) in [5, 5.41) is 4.52. The molecule has 0 aromatic carbocycles. The van der Waals surface area contributed by atoms with Crippen molar-refractivity contribution >= 4 is 22.8 Å². The number of alkyl halides is 1. The molecule has 2 aromatic rings. The lowest BCUT2D eigenvalue weighted by Gasteiger charge is -2.07. The molecule has 1 aliphatic carbocycles. The second-order valence-corrected chi connectivity index (χ2v) is 5.06. The minimum absolute atomic E-state index is 0.477. The van der Waals surface area contributed by atoms with Crippen LogP contribution >= 0.6 is 11.6 Å². The smallest absolute Gasteiger partial charge is 0.158 e. The van der Waals surface area contributed by atoms with Crippen LogP contribution < -0.4 is 0 Å². The standard InChI is InChI=1S/C12H17ClN4/c1-3-17-12-11(8(2)15-17)14-10(6-13)16(12)7-9-4-5-9/h9H,3-7H2,1-2H3. The van der Waals surface area contributed by atoms with Gasteiger partial charge in [-0.3, -0.25) is 0 Å². The van der Waals surface area contributed by atoms with Crippen LogP contribution in [-0.2, 0) is 19.0 Å². The minimum atomic E-state index is 0.477. The molecular weight excluding hydrogens is 236 g/mol. The Kier molecular flexibility index (Phi) is 2.62. The molecule has 5 heteroatoms. The number of rotatable bonds is 4. The van der Waals surface area contributed by atoms with Gasteiger partial charge in [-0.25, -0.2) is 9.67 Å². The van der Waals surface area contributed by atoms with Crippen LogP contribution in [0.15, 0.2) is 0 Å². The van der Waals surface area contributed by atoms with Gasteiger partial charge >= 0.3 is 0 Å². The molecule has 1 fully saturated rings. The normalized spacial score (nSPS) is 15.9. The van der Waals surface area contributed by atoms with E-state index in [1.165, 1.54) is 12.8 Å². The monoisotopic (exact) mass is 252 g/mol. The molecule has 17 heavy (non-hydrogen) atoms. The van der Waals surface area contributed by atoms with Crippen molar-refractivity contribution in [3.63, 3.8) is 0 Å². The van der Waals surface area contributed by atoms with E-state index in [4.69, 9.17) is 11.6 Å². The molecule has 0 radical (unpaired) electrons. The summed E-state index contributed by atoms with van der Waals surface area (Å²) in [5.74, 6) is 2.27. The molecule has 4 nitrogen and oxygen atoms in total. The zero-order valence-corrected chi connectivity index (χ0v) is 11.0. The molecule has 0 saturated heterocycles. The van der Waals surface area contributed by atoms with Gasteiger partial charge in [-0.1, -0.05) is 0 Å². The highest BCUT2D eigenvalue weighted by Crippen LogP contribution is 2.33. The molecule has 0 amide bonds. The van der Waals surface area contributed by atoms with Crippen molar-refractivity contribution in [2.24, 2.45) is 5.92 Å². The lowest BCUT2D eigenvalue weighted by Crippen LogP contribution is -2.09. The highest BCUT2D eigenvalue weighted by atomic mass is 35.5. The average molecular weight is 253 g/mol. The molecular formula is C12H17ClN4. The number of fused-ring (bicyclic) bond motifs is 1. The Balaban J connectivity index is 2.18. The van der Waals surface area contributed by atoms with Crippen molar-refractivity contribution in [1.82, 2.24) is 19.3 Å². The molecule has 0 spiro atoms. The van der Waals surface area contributed by atoms with Crippen LogP contribution in [0, 0.1) is 12.8 Å². The second-order valence-electron chi connectivity index (χ2n) is 4.79. The summed E-state index contributed by atoms with van der Waals surface area (Å²) in [6.07, 6.45) is 2.67. The van der Waals surface area contributed by atoms with E-state index in [9.17, 15) is 0 Å². The van der Waals surface area contributed by atoms with E-state index in [0.717, 1.165) is 41.7 Å². The van der Waals surface area contributed by atoms with E-state index < -0.39 is 0 Å². The van der Waals surface area contributed by atoms with Crippen LogP contribution in [0.3, 0.4) is 0 Å². The Morgan fingerprint density at radius 2 is 2.18 bits per heavy atom. The van der Waals surface area contributed by atoms with Crippen LogP contribution in [0.2, 0.25) is 0 Å². The first-order valence-electron chi connectivity index (χ1n) is 6.23. The third-order valence-corrected chi connectivity index (χ3v) is 3.67. The Morgan fingerprint density at radius 3 is 2.76 bits per heavy atom. The zero-order chi connectivity index (χ0) is 12.0. The Morgan fingerprint density at radius 1 is 1.41 bits per heavy atom. The average Bonchev–Trinajstić information content (AvgIpc) is 2.98. The number of aromatic nitrogens is 4. The molecule has 1 saturated carbocycles. The van der Waals surface area contributed by atoms with Gasteiger partial charge in [0, 0.05) is 13.1 Å². The maximum Gasteiger partial charge on any atom is 0.158 e. The van der Waals surface area contributed by atoms with Gasteiger partial charge in [0.2, 0.25) is 0 Å². The van der Waals surface area contributed by atoms with Crippen LogP contribution in [0.5, 0.6) is 0 Å². The summed E-state index contributed by atoms with van der Waals surface area (Å²) in [4.78, 5) is 4.63. The maximum absolute atomic E-state index is 6.00. The summed E-state index contributed by atoms with van der Waals surface area (Å²) in [6, 6.07) is 0. The van der Waals surface area contributed by atoms with Gasteiger partial charge in [-0.05, 0) is 32.6 Å². The van der Waals surface area contributed by atoms with Gasteiger partial charge in [-0.15, -0.1) is 11.6 Å². The van der Waals surface area contributed by atoms with Crippen molar-refractivity contribution in [2.45, 2.75) is 45.7 Å². The first-order valence-corrected chi connectivity index (χ1v) is 6.76. The Labute approximate surface area is 106 Å².